The highest BCUT2D eigenvalue weighted by atomic mass is 19.1. The molecule has 4 heteroatoms. The van der Waals surface area contributed by atoms with Gasteiger partial charge in [-0.2, -0.15) is 4.39 Å². The second kappa shape index (κ2) is 4.35. The van der Waals surface area contributed by atoms with Gasteiger partial charge in [-0.15, -0.1) is 0 Å². The van der Waals surface area contributed by atoms with Crippen LogP contribution in [0.15, 0.2) is 36.7 Å². The summed E-state index contributed by atoms with van der Waals surface area (Å²) in [6.07, 6.45) is 6.01. The van der Waals surface area contributed by atoms with Crippen molar-refractivity contribution in [2.75, 3.05) is 19.6 Å². The number of piperidine rings is 1. The Morgan fingerprint density at radius 3 is 2.40 bits per heavy atom. The van der Waals surface area contributed by atoms with Gasteiger partial charge < -0.3 is 4.90 Å². The van der Waals surface area contributed by atoms with E-state index in [-0.39, 0.29) is 0 Å². The summed E-state index contributed by atoms with van der Waals surface area (Å²) in [5.41, 5.74) is 3.38. The van der Waals surface area contributed by atoms with Gasteiger partial charge in [0.2, 0.25) is 5.95 Å². The van der Waals surface area contributed by atoms with Crippen LogP contribution in [0.2, 0.25) is 0 Å². The van der Waals surface area contributed by atoms with E-state index >= 15 is 0 Å². The van der Waals surface area contributed by atoms with Crippen molar-refractivity contribution in [2.24, 2.45) is 0 Å². The molecule has 0 spiro atoms. The second-order valence-corrected chi connectivity index (χ2v) is 5.86. The number of pyridine rings is 2. The van der Waals surface area contributed by atoms with Crippen LogP contribution in [-0.4, -0.2) is 34.5 Å². The van der Waals surface area contributed by atoms with Crippen LogP contribution >= 0.6 is 0 Å². The average molecular weight is 269 g/mol. The number of hydrogen-bond acceptors (Lipinski definition) is 3. The molecule has 0 radical (unpaired) electrons. The van der Waals surface area contributed by atoms with Crippen molar-refractivity contribution < 1.29 is 4.39 Å². The maximum Gasteiger partial charge on any atom is 0.212 e. The predicted octanol–water partition coefficient (Wildman–Crippen LogP) is 2.63. The van der Waals surface area contributed by atoms with Gasteiger partial charge in [0.1, 0.15) is 0 Å². The summed E-state index contributed by atoms with van der Waals surface area (Å²) in [5, 5.41) is 0. The van der Waals surface area contributed by atoms with E-state index in [0.29, 0.717) is 5.41 Å². The van der Waals surface area contributed by atoms with Crippen molar-refractivity contribution in [3.63, 3.8) is 0 Å². The van der Waals surface area contributed by atoms with Crippen molar-refractivity contribution in [2.45, 2.75) is 18.3 Å². The molecule has 3 nitrogen and oxygen atoms in total. The smallest absolute Gasteiger partial charge is 0.212 e. The van der Waals surface area contributed by atoms with Crippen molar-refractivity contribution in [1.82, 2.24) is 14.9 Å². The fraction of sp³-hybridized carbons (Fsp3) is 0.375. The van der Waals surface area contributed by atoms with Crippen LogP contribution in [-0.2, 0) is 5.41 Å². The molecule has 0 amide bonds. The molecule has 2 fully saturated rings. The standard InChI is InChI=1S/C16H16FN3/c17-15-4-1-12(9-19-15)14-3-2-13(10-18-14)16-5-7-20(11-16)8-6-16/h1-4,9-10H,5-8,11H2. The van der Waals surface area contributed by atoms with E-state index in [2.05, 4.69) is 20.9 Å². The van der Waals surface area contributed by atoms with Crippen LogP contribution in [0.25, 0.3) is 11.3 Å². The third kappa shape index (κ3) is 1.83. The minimum absolute atomic E-state index is 0.326. The van der Waals surface area contributed by atoms with Crippen molar-refractivity contribution in [3.8, 4) is 11.3 Å². The third-order valence-electron chi connectivity index (χ3n) is 4.74. The highest BCUT2D eigenvalue weighted by Crippen LogP contribution is 2.42. The van der Waals surface area contributed by atoms with E-state index < -0.39 is 5.95 Å². The lowest BCUT2D eigenvalue weighted by Crippen LogP contribution is -2.24. The molecule has 2 aromatic heterocycles. The minimum Gasteiger partial charge on any atom is -0.302 e. The number of nitrogens with zero attached hydrogens (tertiary/aromatic N) is 3. The summed E-state index contributed by atoms with van der Waals surface area (Å²) < 4.78 is 12.8. The van der Waals surface area contributed by atoms with Gasteiger partial charge in [-0.1, -0.05) is 6.07 Å². The van der Waals surface area contributed by atoms with Gasteiger partial charge in [-0.05, 0) is 49.7 Å². The lowest BCUT2D eigenvalue weighted by atomic mass is 9.78. The molecular weight excluding hydrogens is 253 g/mol. The first-order chi connectivity index (χ1) is 9.75. The van der Waals surface area contributed by atoms with Gasteiger partial charge in [-0.25, -0.2) is 4.98 Å². The van der Waals surface area contributed by atoms with Crippen molar-refractivity contribution >= 4 is 0 Å². The molecule has 0 atom stereocenters. The maximum absolute atomic E-state index is 12.8. The normalized spacial score (nSPS) is 27.9. The number of aromatic nitrogens is 2. The molecule has 2 bridgehead atoms. The molecule has 102 valence electrons. The summed E-state index contributed by atoms with van der Waals surface area (Å²) in [7, 11) is 0. The van der Waals surface area contributed by atoms with E-state index in [0.717, 1.165) is 11.3 Å². The highest BCUT2D eigenvalue weighted by molar-refractivity contribution is 5.57. The lowest BCUT2D eigenvalue weighted by Gasteiger charge is -2.25. The summed E-state index contributed by atoms with van der Waals surface area (Å²) in [5.74, 6) is -0.457. The van der Waals surface area contributed by atoms with Gasteiger partial charge in [-0.3, -0.25) is 4.98 Å². The zero-order valence-corrected chi connectivity index (χ0v) is 11.2. The number of halogens is 1. The lowest BCUT2D eigenvalue weighted by molar-refractivity contribution is 0.364. The van der Waals surface area contributed by atoms with Crippen molar-refractivity contribution in [1.29, 1.82) is 0 Å². The Kier molecular flexibility index (Phi) is 2.60. The SMILES string of the molecule is Fc1ccc(-c2ccc(C34CCN(CC3)C4)cn2)cn1. The van der Waals surface area contributed by atoms with Gasteiger partial charge >= 0.3 is 0 Å². The third-order valence-corrected chi connectivity index (χ3v) is 4.74. The fourth-order valence-corrected chi connectivity index (χ4v) is 3.51. The number of rotatable bonds is 2. The Bertz CT molecular complexity index is 613. The van der Waals surface area contributed by atoms with Crippen LogP contribution in [0.3, 0.4) is 0 Å². The molecule has 2 aliphatic rings. The minimum atomic E-state index is -0.457. The molecule has 2 saturated heterocycles. The first kappa shape index (κ1) is 12.0. The predicted molar refractivity (Wildman–Crippen MR) is 74.8 cm³/mol. The summed E-state index contributed by atoms with van der Waals surface area (Å²) in [4.78, 5) is 10.8. The van der Waals surface area contributed by atoms with E-state index in [1.54, 1.807) is 6.07 Å². The van der Waals surface area contributed by atoms with Crippen LogP contribution in [0.4, 0.5) is 4.39 Å². The van der Waals surface area contributed by atoms with E-state index in [1.807, 2.05) is 12.3 Å². The van der Waals surface area contributed by atoms with E-state index in [4.69, 9.17) is 0 Å². The number of hydrogen-bond donors (Lipinski definition) is 0. The molecule has 20 heavy (non-hydrogen) atoms. The summed E-state index contributed by atoms with van der Waals surface area (Å²) in [6.45, 7) is 3.60. The summed E-state index contributed by atoms with van der Waals surface area (Å²) in [6, 6.07) is 7.30. The largest absolute Gasteiger partial charge is 0.302 e. The molecule has 4 rings (SSSR count). The highest BCUT2D eigenvalue weighted by Gasteiger charge is 2.44. The fourth-order valence-electron chi connectivity index (χ4n) is 3.51. The molecular formula is C16H16FN3. The molecule has 0 saturated carbocycles. The Hall–Kier alpha value is -1.81. The van der Waals surface area contributed by atoms with Gasteiger partial charge in [0.15, 0.2) is 0 Å². The first-order valence-electron chi connectivity index (χ1n) is 7.06. The monoisotopic (exact) mass is 269 g/mol. The molecule has 2 aliphatic heterocycles. The van der Waals surface area contributed by atoms with Crippen molar-refractivity contribution in [3.05, 3.63) is 48.2 Å². The molecule has 0 N–H and O–H groups in total. The average Bonchev–Trinajstić information content (AvgIpc) is 3.10. The van der Waals surface area contributed by atoms with Crippen LogP contribution in [0.5, 0.6) is 0 Å². The molecule has 0 aromatic carbocycles. The Morgan fingerprint density at radius 1 is 1.00 bits per heavy atom. The molecule has 2 aromatic rings. The molecule has 0 aliphatic carbocycles. The zero-order chi connectivity index (χ0) is 13.6. The molecule has 4 heterocycles. The molecule has 0 unspecified atom stereocenters. The van der Waals surface area contributed by atoms with E-state index in [1.165, 1.54) is 50.3 Å². The number of fused-ring (bicyclic) bond motifs is 2. The topological polar surface area (TPSA) is 29.0 Å². The van der Waals surface area contributed by atoms with Crippen LogP contribution < -0.4 is 0 Å². The van der Waals surface area contributed by atoms with E-state index in [9.17, 15) is 4.39 Å². The maximum atomic E-state index is 12.8. The van der Waals surface area contributed by atoms with Gasteiger partial charge in [0, 0.05) is 29.9 Å². The zero-order valence-electron chi connectivity index (χ0n) is 11.2. The first-order valence-corrected chi connectivity index (χ1v) is 7.06. The Labute approximate surface area is 117 Å². The van der Waals surface area contributed by atoms with Crippen LogP contribution in [0.1, 0.15) is 18.4 Å². The quantitative estimate of drug-likeness (QED) is 0.785. The van der Waals surface area contributed by atoms with Gasteiger partial charge in [0.05, 0.1) is 5.69 Å². The Morgan fingerprint density at radius 2 is 1.85 bits per heavy atom. The second-order valence-electron chi connectivity index (χ2n) is 5.86. The summed E-state index contributed by atoms with van der Waals surface area (Å²) >= 11 is 0. The van der Waals surface area contributed by atoms with Gasteiger partial charge in [0.25, 0.3) is 0 Å². The van der Waals surface area contributed by atoms with Crippen LogP contribution in [0, 0.1) is 5.95 Å². The Balaban J connectivity index is 1.64.